The molecule has 0 aliphatic rings. The summed E-state index contributed by atoms with van der Waals surface area (Å²) in [6.45, 7) is 0.761. The Morgan fingerprint density at radius 1 is 1.03 bits per heavy atom. The van der Waals surface area contributed by atoms with E-state index in [1.165, 1.54) is 0 Å². The van der Waals surface area contributed by atoms with E-state index in [0.29, 0.717) is 25.4 Å². The second-order valence-electron chi connectivity index (χ2n) is 7.66. The molecular weight excluding hydrogens is 452 g/mol. The zero-order valence-electron chi connectivity index (χ0n) is 18.0. The summed E-state index contributed by atoms with van der Waals surface area (Å²) in [6.07, 6.45) is 0.583. The van der Waals surface area contributed by atoms with Crippen molar-refractivity contribution in [3.63, 3.8) is 0 Å². The second-order valence-corrected chi connectivity index (χ2v) is 8.66. The van der Waals surface area contributed by atoms with Crippen molar-refractivity contribution >= 4 is 21.6 Å². The molecule has 1 unspecified atom stereocenters. The van der Waals surface area contributed by atoms with Crippen LogP contribution in [0.15, 0.2) is 82.8 Å². The lowest BCUT2D eigenvalue weighted by Crippen LogP contribution is -2.17. The van der Waals surface area contributed by atoms with Crippen LogP contribution in [0.4, 0.5) is 0 Å². The summed E-state index contributed by atoms with van der Waals surface area (Å²) in [4.78, 5) is 24.1. The molecule has 0 fully saturated rings. The Bertz CT molecular complexity index is 1450. The van der Waals surface area contributed by atoms with Gasteiger partial charge >= 0.3 is 4.87 Å². The first-order chi connectivity index (χ1) is 16.7. The number of ether oxygens (including phenoxy) is 1. The minimum absolute atomic E-state index is 0.0680. The first-order valence-corrected chi connectivity index (χ1v) is 11.5. The largest absolute Gasteiger partial charge is 0.492 e. The third kappa shape index (κ3) is 4.62. The number of nitrogens with zero attached hydrogens (tertiary/aromatic N) is 5. The molecule has 3 aromatic carbocycles. The number of aromatic amines is 1. The maximum Gasteiger partial charge on any atom is 0.308 e. The molecule has 0 amide bonds. The van der Waals surface area contributed by atoms with Crippen LogP contribution < -0.4 is 9.61 Å². The van der Waals surface area contributed by atoms with E-state index in [-0.39, 0.29) is 4.87 Å². The van der Waals surface area contributed by atoms with Gasteiger partial charge in [0.1, 0.15) is 18.4 Å². The number of aromatic nitrogens is 5. The predicted octanol–water partition coefficient (Wildman–Crippen LogP) is 4.10. The average molecular weight is 473 g/mol. The summed E-state index contributed by atoms with van der Waals surface area (Å²) in [6, 6.07) is 22.0. The topological polar surface area (TPSA) is 115 Å². The zero-order valence-corrected chi connectivity index (χ0v) is 18.8. The van der Waals surface area contributed by atoms with Crippen LogP contribution in [-0.4, -0.2) is 31.8 Å². The molecule has 0 saturated heterocycles. The first kappa shape index (κ1) is 21.7. The van der Waals surface area contributed by atoms with Crippen LogP contribution in [0.3, 0.4) is 0 Å². The van der Waals surface area contributed by atoms with Crippen molar-refractivity contribution in [3.05, 3.63) is 110 Å². The highest BCUT2D eigenvalue weighted by atomic mass is 32.1. The number of nitrogens with one attached hydrogen (secondary N) is 1. The van der Waals surface area contributed by atoms with E-state index in [9.17, 15) is 9.70 Å². The minimum atomic E-state index is -0.609. The lowest BCUT2D eigenvalue weighted by molar-refractivity contribution is 0.299. The maximum absolute atomic E-state index is 12.6. The Balaban J connectivity index is 1.26. The van der Waals surface area contributed by atoms with Crippen molar-refractivity contribution in [2.75, 3.05) is 6.61 Å². The molecule has 2 heterocycles. The number of hydrogen-bond donors (Lipinski definition) is 1. The quantitative estimate of drug-likeness (QED) is 0.323. The van der Waals surface area contributed by atoms with Crippen LogP contribution in [0.1, 0.15) is 28.6 Å². The van der Waals surface area contributed by atoms with Crippen LogP contribution in [-0.2, 0) is 13.0 Å². The van der Waals surface area contributed by atoms with Gasteiger partial charge in [0.05, 0.1) is 16.8 Å². The van der Waals surface area contributed by atoms with Gasteiger partial charge in [-0.1, -0.05) is 70.3 Å². The minimum Gasteiger partial charge on any atom is -0.492 e. The smallest absolute Gasteiger partial charge is 0.308 e. The molecule has 0 saturated carbocycles. The van der Waals surface area contributed by atoms with E-state index in [1.54, 1.807) is 4.57 Å². The zero-order chi connectivity index (χ0) is 23.3. The van der Waals surface area contributed by atoms with Crippen molar-refractivity contribution in [3.8, 4) is 5.75 Å². The summed E-state index contributed by atoms with van der Waals surface area (Å²) < 4.78 is 8.36. The molecule has 0 spiro atoms. The van der Waals surface area contributed by atoms with Gasteiger partial charge in [0.15, 0.2) is 5.82 Å². The number of benzene rings is 3. The summed E-state index contributed by atoms with van der Waals surface area (Å²) in [5.74, 6) is 1.34. The standard InChI is InChI=1S/C24H20N6O3S/c31-24-30(12-13-33-19-9-6-16(7-10-19)14-22-25-28-29-26-22)20-11-8-18(15-21(20)34-24)23(27-32)17-4-2-1-3-5-17/h1-11,15,23H,12-14H2,(H,25,26,28,29). The summed E-state index contributed by atoms with van der Waals surface area (Å²) in [5, 5.41) is 17.2. The van der Waals surface area contributed by atoms with E-state index in [1.807, 2.05) is 72.8 Å². The number of H-pyrrole nitrogens is 1. The summed E-state index contributed by atoms with van der Waals surface area (Å²) in [7, 11) is 0. The second kappa shape index (κ2) is 9.75. The van der Waals surface area contributed by atoms with E-state index in [2.05, 4.69) is 25.8 Å². The molecule has 34 heavy (non-hydrogen) atoms. The van der Waals surface area contributed by atoms with Crippen LogP contribution in [0.5, 0.6) is 5.75 Å². The molecule has 1 atom stereocenters. The van der Waals surface area contributed by atoms with Crippen LogP contribution in [0, 0.1) is 4.91 Å². The lowest BCUT2D eigenvalue weighted by atomic mass is 9.99. The molecular formula is C24H20N6O3S. The third-order valence-corrected chi connectivity index (χ3v) is 6.43. The van der Waals surface area contributed by atoms with E-state index in [0.717, 1.165) is 44.0 Å². The van der Waals surface area contributed by atoms with E-state index < -0.39 is 6.04 Å². The van der Waals surface area contributed by atoms with Gasteiger partial charge < -0.3 is 4.74 Å². The predicted molar refractivity (Wildman–Crippen MR) is 129 cm³/mol. The maximum atomic E-state index is 12.6. The number of fused-ring (bicyclic) bond motifs is 1. The van der Waals surface area contributed by atoms with Gasteiger partial charge in [-0.2, -0.15) is 5.21 Å². The van der Waals surface area contributed by atoms with Crippen molar-refractivity contribution in [2.24, 2.45) is 5.18 Å². The van der Waals surface area contributed by atoms with Gasteiger partial charge in [-0.3, -0.25) is 9.36 Å². The van der Waals surface area contributed by atoms with Gasteiger partial charge in [-0.05, 0) is 41.0 Å². The Labute approximate surface area is 198 Å². The summed E-state index contributed by atoms with van der Waals surface area (Å²) in [5.41, 5.74) is 3.44. The molecule has 0 radical (unpaired) electrons. The molecule has 10 heteroatoms. The van der Waals surface area contributed by atoms with E-state index in [4.69, 9.17) is 4.74 Å². The number of thiazole rings is 1. The van der Waals surface area contributed by atoms with Crippen LogP contribution in [0.25, 0.3) is 10.2 Å². The van der Waals surface area contributed by atoms with Gasteiger partial charge in [0.2, 0.25) is 0 Å². The number of hydrogen-bond acceptors (Lipinski definition) is 8. The highest BCUT2D eigenvalue weighted by Crippen LogP contribution is 2.29. The Morgan fingerprint density at radius 3 is 2.59 bits per heavy atom. The SMILES string of the molecule is O=NC(c1ccccc1)c1ccc2c(c1)sc(=O)n2CCOc1ccc(Cc2nn[nH]n2)cc1. The van der Waals surface area contributed by atoms with Gasteiger partial charge in [0, 0.05) is 6.42 Å². The Kier molecular flexibility index (Phi) is 6.21. The monoisotopic (exact) mass is 472 g/mol. The molecule has 0 bridgehead atoms. The van der Waals surface area contributed by atoms with E-state index >= 15 is 0 Å². The number of tetrazole rings is 1. The fourth-order valence-corrected chi connectivity index (χ4v) is 4.78. The molecule has 9 nitrogen and oxygen atoms in total. The number of rotatable bonds is 9. The van der Waals surface area contributed by atoms with Gasteiger partial charge in [0.25, 0.3) is 0 Å². The fourth-order valence-electron chi connectivity index (χ4n) is 3.81. The normalized spacial score (nSPS) is 12.0. The van der Waals surface area contributed by atoms with Gasteiger partial charge in [-0.25, -0.2) is 0 Å². The average Bonchev–Trinajstić information content (AvgIpc) is 3.48. The van der Waals surface area contributed by atoms with Crippen molar-refractivity contribution in [1.29, 1.82) is 0 Å². The molecule has 170 valence electrons. The molecule has 2 aromatic heterocycles. The number of nitroso groups, excluding NO2 is 1. The molecule has 5 rings (SSSR count). The molecule has 5 aromatic rings. The molecule has 1 N–H and O–H groups in total. The van der Waals surface area contributed by atoms with Crippen molar-refractivity contribution in [1.82, 2.24) is 25.2 Å². The molecule has 0 aliphatic heterocycles. The summed E-state index contributed by atoms with van der Waals surface area (Å²) >= 11 is 1.15. The third-order valence-electron chi connectivity index (χ3n) is 5.49. The Hall–Kier alpha value is -4.18. The lowest BCUT2D eigenvalue weighted by Gasteiger charge is -2.11. The fraction of sp³-hybridized carbons (Fsp3) is 0.167. The van der Waals surface area contributed by atoms with Crippen molar-refractivity contribution < 1.29 is 4.74 Å². The highest BCUT2D eigenvalue weighted by molar-refractivity contribution is 7.16. The van der Waals surface area contributed by atoms with Crippen LogP contribution in [0.2, 0.25) is 0 Å². The molecule has 0 aliphatic carbocycles. The highest BCUT2D eigenvalue weighted by Gasteiger charge is 2.17. The van der Waals surface area contributed by atoms with Crippen LogP contribution >= 0.6 is 11.3 Å². The first-order valence-electron chi connectivity index (χ1n) is 10.7. The Morgan fingerprint density at radius 2 is 1.85 bits per heavy atom. The van der Waals surface area contributed by atoms with Crippen molar-refractivity contribution in [2.45, 2.75) is 19.0 Å². The van der Waals surface area contributed by atoms with Gasteiger partial charge in [-0.15, -0.1) is 15.1 Å².